The summed E-state index contributed by atoms with van der Waals surface area (Å²) in [6, 6.07) is 10.9. The van der Waals surface area contributed by atoms with E-state index in [9.17, 15) is 10.1 Å². The molecule has 1 aromatic carbocycles. The topological polar surface area (TPSA) is 64.2 Å². The lowest BCUT2D eigenvalue weighted by Crippen LogP contribution is -2.26. The van der Waals surface area contributed by atoms with Crippen molar-refractivity contribution >= 4 is 16.9 Å². The third-order valence-corrected chi connectivity index (χ3v) is 6.95. The second-order valence-corrected chi connectivity index (χ2v) is 8.77. The first kappa shape index (κ1) is 17.8. The number of esters is 1. The summed E-state index contributed by atoms with van der Waals surface area (Å²) in [5.41, 5.74) is 2.25. The average molecular weight is 378 g/mol. The Morgan fingerprint density at radius 2 is 2.14 bits per heavy atom. The lowest BCUT2D eigenvalue weighted by atomic mass is 9.87. The molecule has 5 rings (SSSR count). The molecule has 2 saturated carbocycles. The molecule has 146 valence electrons. The summed E-state index contributed by atoms with van der Waals surface area (Å²) in [5, 5.41) is 10.9. The molecule has 2 heterocycles. The number of hydrogen-bond acceptors (Lipinski definition) is 4. The van der Waals surface area contributed by atoms with Crippen molar-refractivity contribution in [1.29, 1.82) is 5.26 Å². The van der Waals surface area contributed by atoms with Crippen molar-refractivity contribution in [3.8, 4) is 6.07 Å². The number of hydrogen-bond donors (Lipinski definition) is 0. The van der Waals surface area contributed by atoms with Gasteiger partial charge in [-0.3, -0.25) is 0 Å². The van der Waals surface area contributed by atoms with Gasteiger partial charge >= 0.3 is 5.97 Å². The monoisotopic (exact) mass is 378 g/mol. The predicted molar refractivity (Wildman–Crippen MR) is 105 cm³/mol. The molecule has 1 spiro atoms. The minimum Gasteiger partial charge on any atom is -0.461 e. The van der Waals surface area contributed by atoms with E-state index >= 15 is 0 Å². The van der Waals surface area contributed by atoms with Crippen molar-refractivity contribution in [3.63, 3.8) is 0 Å². The number of nitrogens with zero attached hydrogens (tertiary/aromatic N) is 2. The van der Waals surface area contributed by atoms with Crippen LogP contribution in [-0.2, 0) is 15.0 Å². The van der Waals surface area contributed by atoms with Gasteiger partial charge in [-0.15, -0.1) is 0 Å². The van der Waals surface area contributed by atoms with Gasteiger partial charge in [0.05, 0.1) is 23.8 Å². The van der Waals surface area contributed by atoms with Gasteiger partial charge in [-0.25, -0.2) is 4.79 Å². The number of fused-ring (bicyclic) bond motifs is 1. The minimum atomic E-state index is -0.637. The second kappa shape index (κ2) is 6.09. The Bertz CT molecular complexity index is 997. The van der Waals surface area contributed by atoms with Crippen LogP contribution in [0.25, 0.3) is 10.9 Å². The van der Waals surface area contributed by atoms with Gasteiger partial charge in [0.25, 0.3) is 0 Å². The average Bonchev–Trinajstić information content (AvgIpc) is 3.56. The van der Waals surface area contributed by atoms with Crippen LogP contribution < -0.4 is 0 Å². The number of carbonyl (C=O) groups excluding carboxylic acids is 1. The molecule has 3 atom stereocenters. The molecule has 1 aromatic heterocycles. The van der Waals surface area contributed by atoms with Gasteiger partial charge in [-0.05, 0) is 74.6 Å². The number of carbonyl (C=O) groups is 1. The molecule has 0 radical (unpaired) electrons. The van der Waals surface area contributed by atoms with Crippen LogP contribution in [0, 0.1) is 17.2 Å². The van der Waals surface area contributed by atoms with Gasteiger partial charge in [-0.1, -0.05) is 13.0 Å². The zero-order valence-electron chi connectivity index (χ0n) is 16.5. The summed E-state index contributed by atoms with van der Waals surface area (Å²) in [6.45, 7) is 5.02. The molecule has 0 bridgehead atoms. The van der Waals surface area contributed by atoms with E-state index in [1.807, 2.05) is 17.6 Å². The molecular formula is C23H26N2O3. The van der Waals surface area contributed by atoms with Gasteiger partial charge in [0, 0.05) is 12.0 Å². The number of aromatic nitrogens is 1. The number of ether oxygens (including phenoxy) is 2. The van der Waals surface area contributed by atoms with E-state index in [1.165, 1.54) is 18.4 Å². The van der Waals surface area contributed by atoms with E-state index in [0.29, 0.717) is 18.2 Å². The smallest absolute Gasteiger partial charge is 0.355 e. The fourth-order valence-electron chi connectivity index (χ4n) is 5.00. The number of benzene rings is 1. The Morgan fingerprint density at radius 3 is 2.79 bits per heavy atom. The number of rotatable bonds is 4. The molecule has 1 saturated heterocycles. The summed E-state index contributed by atoms with van der Waals surface area (Å²) in [4.78, 5) is 12.6. The number of nitriles is 1. The van der Waals surface area contributed by atoms with E-state index in [1.54, 1.807) is 0 Å². The molecule has 0 amide bonds. The SMILES string of the molecule is CCOC(=O)c1cc2cc([C@@H]3CCOC4(CC4)C3)ccc2n1[C@@]1(C#N)C[C@H]1C. The predicted octanol–water partition coefficient (Wildman–Crippen LogP) is 4.50. The van der Waals surface area contributed by atoms with E-state index in [2.05, 4.69) is 31.2 Å². The Balaban J connectivity index is 1.59. The van der Waals surface area contributed by atoms with Crippen LogP contribution in [0.2, 0.25) is 0 Å². The highest BCUT2D eigenvalue weighted by Crippen LogP contribution is 2.53. The molecule has 28 heavy (non-hydrogen) atoms. The maximum atomic E-state index is 12.6. The first-order chi connectivity index (χ1) is 13.5. The van der Waals surface area contributed by atoms with Crippen molar-refractivity contribution in [2.75, 3.05) is 13.2 Å². The molecule has 2 aromatic rings. The van der Waals surface area contributed by atoms with Crippen LogP contribution in [0.1, 0.15) is 67.9 Å². The van der Waals surface area contributed by atoms with Crippen molar-refractivity contribution in [3.05, 3.63) is 35.5 Å². The highest BCUT2D eigenvalue weighted by molar-refractivity contribution is 5.96. The maximum Gasteiger partial charge on any atom is 0.355 e. The third kappa shape index (κ3) is 2.58. The van der Waals surface area contributed by atoms with Gasteiger partial charge < -0.3 is 14.0 Å². The van der Waals surface area contributed by atoms with Crippen LogP contribution in [0.4, 0.5) is 0 Å². The largest absolute Gasteiger partial charge is 0.461 e. The Morgan fingerprint density at radius 1 is 1.36 bits per heavy atom. The molecular weight excluding hydrogens is 352 g/mol. The van der Waals surface area contributed by atoms with Crippen LogP contribution in [0.15, 0.2) is 24.3 Å². The fraction of sp³-hybridized carbons (Fsp3) is 0.565. The molecule has 2 aliphatic carbocycles. The summed E-state index contributed by atoms with van der Waals surface area (Å²) in [6.07, 6.45) is 5.25. The summed E-state index contributed by atoms with van der Waals surface area (Å²) in [7, 11) is 0. The highest BCUT2D eigenvalue weighted by atomic mass is 16.5. The Hall–Kier alpha value is -2.32. The van der Waals surface area contributed by atoms with Crippen molar-refractivity contribution in [2.45, 2.75) is 63.0 Å². The lowest BCUT2D eigenvalue weighted by Gasteiger charge is -2.30. The van der Waals surface area contributed by atoms with E-state index in [-0.39, 0.29) is 17.5 Å². The molecule has 0 N–H and O–H groups in total. The minimum absolute atomic E-state index is 0.133. The maximum absolute atomic E-state index is 12.6. The summed E-state index contributed by atoms with van der Waals surface area (Å²) in [5.74, 6) is 0.378. The van der Waals surface area contributed by atoms with E-state index in [4.69, 9.17) is 9.47 Å². The quantitative estimate of drug-likeness (QED) is 0.735. The van der Waals surface area contributed by atoms with Crippen LogP contribution >= 0.6 is 0 Å². The summed E-state index contributed by atoms with van der Waals surface area (Å²) < 4.78 is 13.2. The fourth-order valence-corrected chi connectivity index (χ4v) is 5.00. The molecule has 5 nitrogen and oxygen atoms in total. The van der Waals surface area contributed by atoms with E-state index < -0.39 is 5.54 Å². The third-order valence-electron chi connectivity index (χ3n) is 6.95. The van der Waals surface area contributed by atoms with Crippen molar-refractivity contribution in [1.82, 2.24) is 4.57 Å². The van der Waals surface area contributed by atoms with Crippen LogP contribution in [0.5, 0.6) is 0 Å². The standard InChI is InChI=1S/C23H26N2O3/c1-3-27-21(26)20-11-18-10-16(17-6-9-28-22(13-17)7-8-22)4-5-19(18)25(20)23(14-24)12-15(23)2/h4-5,10-11,15,17H,3,6-9,12-13H2,1-2H3/t15-,17-,23-/m1/s1. The molecule has 0 unspecified atom stereocenters. The van der Waals surface area contributed by atoms with Crippen molar-refractivity contribution in [2.24, 2.45) is 5.92 Å². The second-order valence-electron chi connectivity index (χ2n) is 8.77. The van der Waals surface area contributed by atoms with Gasteiger partial charge in [-0.2, -0.15) is 5.26 Å². The molecule has 3 aliphatic rings. The highest BCUT2D eigenvalue weighted by Gasteiger charge is 2.55. The van der Waals surface area contributed by atoms with Crippen molar-refractivity contribution < 1.29 is 14.3 Å². The van der Waals surface area contributed by atoms with E-state index in [0.717, 1.165) is 36.8 Å². The zero-order valence-corrected chi connectivity index (χ0v) is 16.5. The van der Waals surface area contributed by atoms with Crippen LogP contribution in [0.3, 0.4) is 0 Å². The molecule has 1 aliphatic heterocycles. The zero-order chi connectivity index (χ0) is 19.5. The lowest BCUT2D eigenvalue weighted by molar-refractivity contribution is -0.0132. The Kier molecular flexibility index (Phi) is 3.86. The van der Waals surface area contributed by atoms with Gasteiger partial charge in [0.1, 0.15) is 11.2 Å². The Labute approximate surface area is 165 Å². The normalized spacial score (nSPS) is 30.2. The van der Waals surface area contributed by atoms with Gasteiger partial charge in [0.2, 0.25) is 0 Å². The van der Waals surface area contributed by atoms with Crippen LogP contribution in [-0.4, -0.2) is 29.4 Å². The van der Waals surface area contributed by atoms with Gasteiger partial charge in [0.15, 0.2) is 0 Å². The molecule has 5 heteroatoms. The first-order valence-corrected chi connectivity index (χ1v) is 10.4. The summed E-state index contributed by atoms with van der Waals surface area (Å²) >= 11 is 0. The first-order valence-electron chi connectivity index (χ1n) is 10.4. The molecule has 3 fully saturated rings.